The molecule has 0 radical (unpaired) electrons. The second-order valence-corrected chi connectivity index (χ2v) is 7.96. The van der Waals surface area contributed by atoms with Crippen molar-refractivity contribution in [3.63, 3.8) is 0 Å². The van der Waals surface area contributed by atoms with Crippen molar-refractivity contribution in [1.29, 1.82) is 0 Å². The molecule has 0 aliphatic carbocycles. The largest absolute Gasteiger partial charge is 0.495 e. The molecule has 13 heteroatoms. The molecule has 1 amide bonds. The molecule has 1 aliphatic rings. The first-order valence-electron chi connectivity index (χ1n) is 9.55. The molecule has 0 spiro atoms. The summed E-state index contributed by atoms with van der Waals surface area (Å²) < 4.78 is 45.2. The SMILES string of the molecule is COc1cc(N2CCN(C(=O)Cn3nc(C(F)(F)F)c(Cl)c3C)CC2)c(CN=O)cc1Cl. The molecule has 174 valence electrons. The van der Waals surface area contributed by atoms with Gasteiger partial charge in [-0.15, -0.1) is 0 Å². The molecule has 2 aromatic rings. The van der Waals surface area contributed by atoms with Gasteiger partial charge in [0.25, 0.3) is 0 Å². The lowest BCUT2D eigenvalue weighted by atomic mass is 10.1. The molecule has 1 fully saturated rings. The lowest BCUT2D eigenvalue weighted by molar-refractivity contribution is -0.142. The van der Waals surface area contributed by atoms with Gasteiger partial charge in [0.1, 0.15) is 18.8 Å². The molecule has 0 atom stereocenters. The van der Waals surface area contributed by atoms with E-state index in [0.29, 0.717) is 42.5 Å². The number of carbonyl (C=O) groups excluding carboxylic acids is 1. The van der Waals surface area contributed by atoms with Crippen LogP contribution in [0, 0.1) is 11.8 Å². The fraction of sp³-hybridized carbons (Fsp3) is 0.474. The number of piperazine rings is 1. The van der Waals surface area contributed by atoms with Gasteiger partial charge < -0.3 is 14.5 Å². The number of amides is 1. The number of nitrogens with zero attached hydrogens (tertiary/aromatic N) is 5. The van der Waals surface area contributed by atoms with Gasteiger partial charge in [-0.1, -0.05) is 28.4 Å². The fourth-order valence-corrected chi connectivity index (χ4v) is 4.02. The van der Waals surface area contributed by atoms with Crippen LogP contribution in [0.5, 0.6) is 5.75 Å². The average Bonchev–Trinajstić information content (AvgIpc) is 3.03. The third-order valence-electron chi connectivity index (χ3n) is 5.25. The topological polar surface area (TPSA) is 80.0 Å². The summed E-state index contributed by atoms with van der Waals surface area (Å²) in [7, 11) is 1.48. The van der Waals surface area contributed by atoms with Crippen LogP contribution in [-0.4, -0.2) is 53.9 Å². The predicted molar refractivity (Wildman–Crippen MR) is 113 cm³/mol. The zero-order chi connectivity index (χ0) is 23.6. The Bertz CT molecular complexity index is 1020. The fourth-order valence-electron chi connectivity index (χ4n) is 3.52. The maximum atomic E-state index is 13.0. The maximum absolute atomic E-state index is 13.0. The third-order valence-corrected chi connectivity index (χ3v) is 6.00. The van der Waals surface area contributed by atoms with Crippen molar-refractivity contribution in [3.8, 4) is 5.75 Å². The summed E-state index contributed by atoms with van der Waals surface area (Å²) in [6, 6.07) is 3.34. The van der Waals surface area contributed by atoms with Gasteiger partial charge in [0.15, 0.2) is 5.69 Å². The van der Waals surface area contributed by atoms with Gasteiger partial charge in [-0.3, -0.25) is 9.48 Å². The van der Waals surface area contributed by atoms with Crippen molar-refractivity contribution in [2.75, 3.05) is 38.2 Å². The number of nitroso groups, excluding NO2 is 1. The average molecular weight is 494 g/mol. The van der Waals surface area contributed by atoms with Gasteiger partial charge in [-0.05, 0) is 13.0 Å². The maximum Gasteiger partial charge on any atom is 0.436 e. The third kappa shape index (κ3) is 4.93. The van der Waals surface area contributed by atoms with Crippen molar-refractivity contribution in [1.82, 2.24) is 14.7 Å². The molecule has 8 nitrogen and oxygen atoms in total. The van der Waals surface area contributed by atoms with Crippen molar-refractivity contribution >= 4 is 34.8 Å². The number of ether oxygens (including phenoxy) is 1. The van der Waals surface area contributed by atoms with E-state index >= 15 is 0 Å². The summed E-state index contributed by atoms with van der Waals surface area (Å²) in [5.41, 5.74) is 0.224. The minimum Gasteiger partial charge on any atom is -0.495 e. The van der Waals surface area contributed by atoms with E-state index < -0.39 is 16.9 Å². The molecule has 0 unspecified atom stereocenters. The predicted octanol–water partition coefficient (Wildman–Crippen LogP) is 4.14. The van der Waals surface area contributed by atoms with Gasteiger partial charge in [-0.25, -0.2) is 0 Å². The van der Waals surface area contributed by atoms with Crippen LogP contribution in [0.4, 0.5) is 18.9 Å². The molecule has 2 heterocycles. The Balaban J connectivity index is 1.70. The summed E-state index contributed by atoms with van der Waals surface area (Å²) in [5.74, 6) is 0.0745. The van der Waals surface area contributed by atoms with E-state index in [9.17, 15) is 22.9 Å². The summed E-state index contributed by atoms with van der Waals surface area (Å²) in [4.78, 5) is 27.0. The van der Waals surface area contributed by atoms with Gasteiger partial charge >= 0.3 is 6.18 Å². The highest BCUT2D eigenvalue weighted by atomic mass is 35.5. The van der Waals surface area contributed by atoms with Crippen LogP contribution in [-0.2, 0) is 24.1 Å². The van der Waals surface area contributed by atoms with E-state index in [1.54, 1.807) is 17.0 Å². The zero-order valence-corrected chi connectivity index (χ0v) is 18.8. The minimum absolute atomic E-state index is 0.0704. The van der Waals surface area contributed by atoms with Crippen LogP contribution in [0.2, 0.25) is 10.0 Å². The first-order valence-corrected chi connectivity index (χ1v) is 10.3. The Hall–Kier alpha value is -2.53. The molecular weight excluding hydrogens is 474 g/mol. The number of aromatic nitrogens is 2. The first-order chi connectivity index (χ1) is 15.1. The first kappa shape index (κ1) is 24.1. The quantitative estimate of drug-likeness (QED) is 0.565. The smallest absolute Gasteiger partial charge is 0.436 e. The Morgan fingerprint density at radius 2 is 1.88 bits per heavy atom. The summed E-state index contributed by atoms with van der Waals surface area (Å²) in [5, 5.41) is 6.26. The molecular formula is C19H20Cl2F3N5O3. The molecule has 0 saturated carbocycles. The highest BCUT2D eigenvalue weighted by Crippen LogP contribution is 2.36. The van der Waals surface area contributed by atoms with Crippen molar-refractivity contribution in [2.24, 2.45) is 5.18 Å². The molecule has 32 heavy (non-hydrogen) atoms. The van der Waals surface area contributed by atoms with Gasteiger partial charge in [0.05, 0.1) is 22.8 Å². The molecule has 0 N–H and O–H groups in total. The van der Waals surface area contributed by atoms with Gasteiger partial charge in [0, 0.05) is 43.5 Å². The number of alkyl halides is 3. The number of methoxy groups -OCH3 is 1. The molecule has 0 bridgehead atoms. The monoisotopic (exact) mass is 493 g/mol. The van der Waals surface area contributed by atoms with Gasteiger partial charge in [0.2, 0.25) is 5.91 Å². The summed E-state index contributed by atoms with van der Waals surface area (Å²) in [6.07, 6.45) is -4.70. The number of anilines is 1. The summed E-state index contributed by atoms with van der Waals surface area (Å²) in [6.45, 7) is 2.50. The Morgan fingerprint density at radius 3 is 2.41 bits per heavy atom. The number of carbonyl (C=O) groups is 1. The van der Waals surface area contributed by atoms with E-state index in [2.05, 4.69) is 10.3 Å². The highest BCUT2D eigenvalue weighted by molar-refractivity contribution is 6.32. The second kappa shape index (κ2) is 9.53. The number of benzene rings is 1. The lowest BCUT2D eigenvalue weighted by Gasteiger charge is -2.37. The number of hydrogen-bond acceptors (Lipinski definition) is 6. The highest BCUT2D eigenvalue weighted by Gasteiger charge is 2.38. The van der Waals surface area contributed by atoms with Crippen LogP contribution in [0.15, 0.2) is 17.3 Å². The number of rotatable bonds is 6. The molecule has 1 aromatic carbocycles. The molecule has 1 aliphatic heterocycles. The van der Waals surface area contributed by atoms with Crippen LogP contribution >= 0.6 is 23.2 Å². The van der Waals surface area contributed by atoms with Crippen molar-refractivity contribution < 1.29 is 22.7 Å². The van der Waals surface area contributed by atoms with E-state index in [1.807, 2.05) is 4.90 Å². The Kier molecular flexibility index (Phi) is 7.19. The number of halogens is 5. The van der Waals surface area contributed by atoms with Crippen molar-refractivity contribution in [2.45, 2.75) is 26.2 Å². The van der Waals surface area contributed by atoms with Crippen LogP contribution in [0.25, 0.3) is 0 Å². The van der Waals surface area contributed by atoms with Crippen LogP contribution in [0.1, 0.15) is 17.0 Å². The Morgan fingerprint density at radius 1 is 1.22 bits per heavy atom. The molecule has 1 aromatic heterocycles. The van der Waals surface area contributed by atoms with Crippen molar-refractivity contribution in [3.05, 3.63) is 44.0 Å². The summed E-state index contributed by atoms with van der Waals surface area (Å²) >= 11 is 11.9. The Labute approximate surface area is 191 Å². The molecule has 1 saturated heterocycles. The van der Waals surface area contributed by atoms with Gasteiger partial charge in [-0.2, -0.15) is 23.2 Å². The van der Waals surface area contributed by atoms with E-state index in [0.717, 1.165) is 10.4 Å². The standard InChI is InChI=1S/C19H20Cl2F3N5O3/c1-11-17(21)18(19(22,23)24)26-29(11)10-16(30)28-5-3-27(4-6-28)14-8-15(32-2)13(20)7-12(14)9-25-31/h7-8H,3-6,9-10H2,1-2H3. The van der Waals surface area contributed by atoms with Crippen LogP contribution in [0.3, 0.4) is 0 Å². The van der Waals surface area contributed by atoms with E-state index in [1.165, 1.54) is 14.0 Å². The zero-order valence-electron chi connectivity index (χ0n) is 17.2. The van der Waals surface area contributed by atoms with E-state index in [4.69, 9.17) is 27.9 Å². The molecule has 3 rings (SSSR count). The number of hydrogen-bond donors (Lipinski definition) is 0. The minimum atomic E-state index is -4.70. The van der Waals surface area contributed by atoms with Crippen LogP contribution < -0.4 is 9.64 Å². The normalized spacial score (nSPS) is 14.6. The van der Waals surface area contributed by atoms with E-state index in [-0.39, 0.29) is 24.7 Å². The lowest BCUT2D eigenvalue weighted by Crippen LogP contribution is -2.50. The second-order valence-electron chi connectivity index (χ2n) is 7.17.